The van der Waals surface area contributed by atoms with Crippen LogP contribution in [0.4, 0.5) is 10.1 Å². The summed E-state index contributed by atoms with van der Waals surface area (Å²) in [6.45, 7) is 0.0826. The number of benzene rings is 1. The molecular formula is C21H24FN3O4S. The van der Waals surface area contributed by atoms with Gasteiger partial charge in [-0.2, -0.15) is 4.36 Å². The fraction of sp³-hybridized carbons (Fsp3) is 0.333. The monoisotopic (exact) mass is 433 g/mol. The minimum atomic E-state index is -2.79. The molecule has 9 heteroatoms. The highest BCUT2D eigenvalue weighted by atomic mass is 32.2. The summed E-state index contributed by atoms with van der Waals surface area (Å²) in [6.07, 6.45) is 8.13. The maximum absolute atomic E-state index is 13.8. The molecule has 0 fully saturated rings. The molecule has 0 saturated heterocycles. The van der Waals surface area contributed by atoms with Gasteiger partial charge >= 0.3 is 0 Å². The standard InChI is InChI=1S/C21H24FN3O4S/c1-29-18-9-8-15(12-17(18)22)25-30(2,28)11-5-10-23-20(26)19-16-7-4-3-6-14(16)13-24-21(19)27/h5,8-9,11-13H,3-4,6-7,10H2,1-2H3,(H,23,26)(H,24,27)/b11-5+. The Labute approximate surface area is 174 Å². The molecule has 0 aliphatic heterocycles. The van der Waals surface area contributed by atoms with Crippen molar-refractivity contribution in [2.24, 2.45) is 4.36 Å². The van der Waals surface area contributed by atoms with E-state index in [2.05, 4.69) is 14.7 Å². The summed E-state index contributed by atoms with van der Waals surface area (Å²) in [5.41, 5.74) is 1.77. The molecule has 1 aromatic carbocycles. The lowest BCUT2D eigenvalue weighted by Crippen LogP contribution is -2.32. The Hall–Kier alpha value is -2.94. The number of aromatic amines is 1. The number of rotatable bonds is 6. The van der Waals surface area contributed by atoms with Gasteiger partial charge < -0.3 is 15.0 Å². The van der Waals surface area contributed by atoms with E-state index < -0.39 is 27.0 Å². The first kappa shape index (κ1) is 21.8. The van der Waals surface area contributed by atoms with Crippen molar-refractivity contribution in [3.8, 4) is 5.75 Å². The van der Waals surface area contributed by atoms with E-state index in [-0.39, 0.29) is 23.5 Å². The van der Waals surface area contributed by atoms with E-state index in [1.807, 2.05) is 0 Å². The highest BCUT2D eigenvalue weighted by Gasteiger charge is 2.20. The Morgan fingerprint density at radius 1 is 1.37 bits per heavy atom. The Morgan fingerprint density at radius 3 is 2.87 bits per heavy atom. The van der Waals surface area contributed by atoms with Crippen molar-refractivity contribution < 1.29 is 18.1 Å². The molecule has 2 N–H and O–H groups in total. The van der Waals surface area contributed by atoms with Gasteiger partial charge in [0.25, 0.3) is 11.5 Å². The highest BCUT2D eigenvalue weighted by Crippen LogP contribution is 2.24. The molecule has 1 aliphatic carbocycles. The van der Waals surface area contributed by atoms with Crippen molar-refractivity contribution in [3.05, 3.63) is 68.7 Å². The van der Waals surface area contributed by atoms with Gasteiger partial charge in [-0.15, -0.1) is 0 Å². The number of amides is 1. The van der Waals surface area contributed by atoms with Crippen LogP contribution in [-0.4, -0.2) is 35.0 Å². The smallest absolute Gasteiger partial charge is 0.261 e. The second-order valence-electron chi connectivity index (χ2n) is 7.06. The number of fused-ring (bicyclic) bond motifs is 1. The number of halogens is 1. The van der Waals surface area contributed by atoms with E-state index in [1.165, 1.54) is 37.0 Å². The summed E-state index contributed by atoms with van der Waals surface area (Å²) in [4.78, 5) is 27.3. The van der Waals surface area contributed by atoms with Gasteiger partial charge in [0.2, 0.25) is 0 Å². The molecule has 1 aromatic heterocycles. The topological polar surface area (TPSA) is 101 Å². The van der Waals surface area contributed by atoms with Crippen LogP contribution in [0.3, 0.4) is 0 Å². The van der Waals surface area contributed by atoms with Crippen LogP contribution in [-0.2, 0) is 22.6 Å². The number of aromatic nitrogens is 1. The lowest BCUT2D eigenvalue weighted by atomic mass is 9.90. The van der Waals surface area contributed by atoms with Crippen molar-refractivity contribution in [1.82, 2.24) is 10.3 Å². The number of nitrogens with zero attached hydrogens (tertiary/aromatic N) is 1. The lowest BCUT2D eigenvalue weighted by molar-refractivity contribution is 0.0955. The lowest BCUT2D eigenvalue weighted by Gasteiger charge is -2.17. The Kier molecular flexibility index (Phi) is 6.71. The van der Waals surface area contributed by atoms with E-state index in [0.717, 1.165) is 36.5 Å². The fourth-order valence-corrected chi connectivity index (χ4v) is 4.44. The van der Waals surface area contributed by atoms with Gasteiger partial charge in [-0.3, -0.25) is 9.59 Å². The van der Waals surface area contributed by atoms with Gasteiger partial charge in [0.15, 0.2) is 11.6 Å². The van der Waals surface area contributed by atoms with Crippen molar-refractivity contribution in [2.45, 2.75) is 25.7 Å². The summed E-state index contributed by atoms with van der Waals surface area (Å²) in [5.74, 6) is -0.981. The number of methoxy groups -OCH3 is 1. The minimum absolute atomic E-state index is 0.0768. The van der Waals surface area contributed by atoms with E-state index >= 15 is 0 Å². The zero-order valence-corrected chi connectivity index (χ0v) is 17.7. The van der Waals surface area contributed by atoms with Crippen molar-refractivity contribution >= 4 is 21.3 Å². The van der Waals surface area contributed by atoms with E-state index in [9.17, 15) is 18.2 Å². The molecule has 0 saturated carbocycles. The number of pyridine rings is 1. The maximum atomic E-state index is 13.8. The zero-order valence-electron chi connectivity index (χ0n) is 16.9. The molecule has 0 radical (unpaired) electrons. The van der Waals surface area contributed by atoms with Crippen molar-refractivity contribution in [1.29, 1.82) is 0 Å². The quantitative estimate of drug-likeness (QED) is 0.731. The van der Waals surface area contributed by atoms with Crippen LogP contribution in [0.5, 0.6) is 5.75 Å². The van der Waals surface area contributed by atoms with Gasteiger partial charge in [-0.05, 0) is 48.9 Å². The molecule has 7 nitrogen and oxygen atoms in total. The molecule has 1 amide bonds. The van der Waals surface area contributed by atoms with Crippen molar-refractivity contribution in [3.63, 3.8) is 0 Å². The third kappa shape index (κ3) is 5.15. The predicted octanol–water partition coefficient (Wildman–Crippen LogP) is 3.07. The van der Waals surface area contributed by atoms with E-state index in [1.54, 1.807) is 6.20 Å². The Morgan fingerprint density at radius 2 is 2.13 bits per heavy atom. The van der Waals surface area contributed by atoms with Crippen LogP contribution in [0.2, 0.25) is 0 Å². The number of aryl methyl sites for hydroxylation is 1. The number of hydrogen-bond donors (Lipinski definition) is 2. The molecule has 1 atom stereocenters. The van der Waals surface area contributed by atoms with Gasteiger partial charge in [0.1, 0.15) is 5.56 Å². The summed E-state index contributed by atoms with van der Waals surface area (Å²) >= 11 is 0. The van der Waals surface area contributed by atoms with Gasteiger partial charge in [-0.1, -0.05) is 6.08 Å². The summed E-state index contributed by atoms with van der Waals surface area (Å²) in [6, 6.07) is 4.06. The number of hydrogen-bond acceptors (Lipinski definition) is 5. The van der Waals surface area contributed by atoms with Crippen LogP contribution in [0, 0.1) is 5.82 Å². The third-order valence-electron chi connectivity index (χ3n) is 4.80. The highest BCUT2D eigenvalue weighted by molar-refractivity contribution is 7.95. The normalized spacial score (nSPS) is 15.3. The number of nitrogens with one attached hydrogen (secondary N) is 2. The number of ether oxygens (including phenoxy) is 1. The SMILES string of the molecule is COc1ccc(N=S(C)(=O)/C=C/CNC(=O)c2c3c(c[nH]c2=O)CCCC3)cc1F. The minimum Gasteiger partial charge on any atom is -0.494 e. The van der Waals surface area contributed by atoms with Gasteiger partial charge in [-0.25, -0.2) is 8.60 Å². The third-order valence-corrected chi connectivity index (χ3v) is 6.07. The first-order valence-corrected chi connectivity index (χ1v) is 11.5. The average Bonchev–Trinajstić information content (AvgIpc) is 2.71. The second-order valence-corrected chi connectivity index (χ2v) is 9.23. The fourth-order valence-electron chi connectivity index (χ4n) is 3.39. The average molecular weight is 434 g/mol. The van der Waals surface area contributed by atoms with Gasteiger partial charge in [0.05, 0.1) is 22.5 Å². The molecule has 0 spiro atoms. The first-order chi connectivity index (χ1) is 14.3. The summed E-state index contributed by atoms with van der Waals surface area (Å²) < 4.78 is 35.3. The molecule has 3 rings (SSSR count). The molecule has 1 heterocycles. The van der Waals surface area contributed by atoms with Crippen molar-refractivity contribution in [2.75, 3.05) is 19.9 Å². The van der Waals surface area contributed by atoms with E-state index in [4.69, 9.17) is 4.74 Å². The van der Waals surface area contributed by atoms with Crippen LogP contribution < -0.4 is 15.6 Å². The molecule has 160 valence electrons. The van der Waals surface area contributed by atoms with Gasteiger partial charge in [0, 0.05) is 30.5 Å². The van der Waals surface area contributed by atoms with Crippen LogP contribution >= 0.6 is 0 Å². The predicted molar refractivity (Wildman–Crippen MR) is 114 cm³/mol. The molecule has 2 aromatic rings. The zero-order chi connectivity index (χ0) is 21.7. The van der Waals surface area contributed by atoms with Crippen LogP contribution in [0.25, 0.3) is 0 Å². The second kappa shape index (κ2) is 9.25. The molecule has 30 heavy (non-hydrogen) atoms. The summed E-state index contributed by atoms with van der Waals surface area (Å²) in [7, 11) is -1.43. The number of H-pyrrole nitrogens is 1. The van der Waals surface area contributed by atoms with Crippen LogP contribution in [0.1, 0.15) is 34.3 Å². The first-order valence-electron chi connectivity index (χ1n) is 9.54. The largest absolute Gasteiger partial charge is 0.494 e. The maximum Gasteiger partial charge on any atom is 0.261 e. The molecule has 1 unspecified atom stereocenters. The molecular weight excluding hydrogens is 409 g/mol. The summed E-state index contributed by atoms with van der Waals surface area (Å²) in [5, 5.41) is 4.02. The Bertz CT molecular complexity index is 1160. The van der Waals surface area contributed by atoms with Crippen LogP contribution in [0.15, 0.2) is 45.0 Å². The molecule has 1 aliphatic rings. The Balaban J connectivity index is 1.69. The van der Waals surface area contributed by atoms with E-state index in [0.29, 0.717) is 6.42 Å². The number of carbonyl (C=O) groups excluding carboxylic acids is 1. The molecule has 0 bridgehead atoms. The number of carbonyl (C=O) groups is 1.